The number of benzene rings is 3. The van der Waals surface area contributed by atoms with Crippen LogP contribution in [0.3, 0.4) is 0 Å². The van der Waals surface area contributed by atoms with Crippen LogP contribution in [0.25, 0.3) is 11.3 Å². The first-order chi connectivity index (χ1) is 16.6. The van der Waals surface area contributed by atoms with Crippen LogP contribution in [0, 0.1) is 6.92 Å². The Morgan fingerprint density at radius 3 is 2.44 bits per heavy atom. The maximum absolute atomic E-state index is 12.6. The first-order valence-electron chi connectivity index (χ1n) is 11.5. The summed E-state index contributed by atoms with van der Waals surface area (Å²) in [5.74, 6) is -0.0836. The molecule has 0 unspecified atom stereocenters. The lowest BCUT2D eigenvalue weighted by Gasteiger charge is -2.20. The molecular weight excluding hydrogens is 440 g/mol. The molecule has 0 aliphatic rings. The third-order valence-corrected chi connectivity index (χ3v) is 6.66. The van der Waals surface area contributed by atoms with E-state index in [1.54, 1.807) is 11.3 Å². The lowest BCUT2D eigenvalue weighted by atomic mass is 10.1. The molecule has 0 spiro atoms. The molecule has 0 atom stereocenters. The van der Waals surface area contributed by atoms with Crippen molar-refractivity contribution in [1.82, 2.24) is 10.3 Å². The van der Waals surface area contributed by atoms with Gasteiger partial charge in [-0.15, -0.1) is 11.3 Å². The predicted octanol–water partition coefficient (Wildman–Crippen LogP) is 5.53. The molecule has 1 amide bonds. The molecule has 1 aromatic heterocycles. The normalized spacial score (nSPS) is 10.8. The molecule has 0 bridgehead atoms. The number of thiazole rings is 1. The standard InChI is InChI=1S/C28H30N4OS/c1-3-32(28-31-26(19-34-28)24-11-7-20(2)8-12-24)18-21-9-13-25(14-10-21)27(33)30-17-23-6-4-5-22(15-23)16-29/h4-15,19H,3,16-18,29H2,1-2H3,(H,30,33). The summed E-state index contributed by atoms with van der Waals surface area (Å²) in [7, 11) is 0. The second-order valence-corrected chi connectivity index (χ2v) is 9.14. The number of nitrogens with two attached hydrogens (primary N) is 1. The molecule has 3 aromatic carbocycles. The van der Waals surface area contributed by atoms with E-state index in [1.807, 2.05) is 48.5 Å². The van der Waals surface area contributed by atoms with Gasteiger partial charge in [-0.2, -0.15) is 0 Å². The number of carbonyl (C=O) groups excluding carboxylic acids is 1. The number of amides is 1. The lowest BCUT2D eigenvalue weighted by Crippen LogP contribution is -2.23. The van der Waals surface area contributed by atoms with Gasteiger partial charge in [-0.05, 0) is 42.7 Å². The Labute approximate surface area is 205 Å². The number of anilines is 1. The van der Waals surface area contributed by atoms with Crippen molar-refractivity contribution >= 4 is 22.4 Å². The largest absolute Gasteiger partial charge is 0.348 e. The average Bonchev–Trinajstić information content (AvgIpc) is 3.37. The minimum absolute atomic E-state index is 0.0836. The van der Waals surface area contributed by atoms with E-state index in [4.69, 9.17) is 10.7 Å². The Balaban J connectivity index is 1.37. The van der Waals surface area contributed by atoms with Gasteiger partial charge in [0.1, 0.15) is 0 Å². The first kappa shape index (κ1) is 23.7. The zero-order chi connectivity index (χ0) is 23.9. The SMILES string of the molecule is CCN(Cc1ccc(C(=O)NCc2cccc(CN)c2)cc1)c1nc(-c2ccc(C)cc2)cs1. The smallest absolute Gasteiger partial charge is 0.251 e. The Morgan fingerprint density at radius 1 is 1.00 bits per heavy atom. The van der Waals surface area contributed by atoms with E-state index in [0.29, 0.717) is 18.7 Å². The van der Waals surface area contributed by atoms with Gasteiger partial charge in [-0.1, -0.05) is 66.2 Å². The molecule has 6 heteroatoms. The maximum atomic E-state index is 12.6. The van der Waals surface area contributed by atoms with E-state index in [1.165, 1.54) is 5.56 Å². The molecule has 0 saturated heterocycles. The van der Waals surface area contributed by atoms with Gasteiger partial charge in [0.25, 0.3) is 5.91 Å². The number of nitrogens with zero attached hydrogens (tertiary/aromatic N) is 2. The third kappa shape index (κ3) is 5.90. The second-order valence-electron chi connectivity index (χ2n) is 8.30. The van der Waals surface area contributed by atoms with Gasteiger partial charge >= 0.3 is 0 Å². The summed E-state index contributed by atoms with van der Waals surface area (Å²) in [4.78, 5) is 19.7. The topological polar surface area (TPSA) is 71.2 Å². The number of carbonyl (C=O) groups is 1. The van der Waals surface area contributed by atoms with Crippen LogP contribution in [0.15, 0.2) is 78.2 Å². The van der Waals surface area contributed by atoms with Crippen LogP contribution in [0.4, 0.5) is 5.13 Å². The lowest BCUT2D eigenvalue weighted by molar-refractivity contribution is 0.0951. The highest BCUT2D eigenvalue weighted by Gasteiger charge is 2.12. The Bertz CT molecular complexity index is 1230. The zero-order valence-electron chi connectivity index (χ0n) is 19.6. The molecular formula is C28H30N4OS. The van der Waals surface area contributed by atoms with Crippen LogP contribution in [-0.4, -0.2) is 17.4 Å². The van der Waals surface area contributed by atoms with Crippen molar-refractivity contribution in [2.75, 3.05) is 11.4 Å². The Morgan fingerprint density at radius 2 is 1.74 bits per heavy atom. The molecule has 5 nitrogen and oxygen atoms in total. The van der Waals surface area contributed by atoms with Crippen molar-refractivity contribution in [1.29, 1.82) is 0 Å². The van der Waals surface area contributed by atoms with Gasteiger partial charge in [0, 0.05) is 42.7 Å². The number of nitrogens with one attached hydrogen (secondary N) is 1. The van der Waals surface area contributed by atoms with Crippen LogP contribution in [0.5, 0.6) is 0 Å². The molecule has 4 rings (SSSR count). The summed E-state index contributed by atoms with van der Waals surface area (Å²) < 4.78 is 0. The average molecular weight is 471 g/mol. The van der Waals surface area contributed by atoms with Gasteiger partial charge in [-0.25, -0.2) is 4.98 Å². The van der Waals surface area contributed by atoms with Crippen molar-refractivity contribution < 1.29 is 4.79 Å². The molecule has 34 heavy (non-hydrogen) atoms. The summed E-state index contributed by atoms with van der Waals surface area (Å²) in [5.41, 5.74) is 13.0. The quantitative estimate of drug-likeness (QED) is 0.337. The number of aryl methyl sites for hydroxylation is 1. The molecule has 0 fully saturated rings. The molecule has 0 saturated carbocycles. The number of hydrogen-bond donors (Lipinski definition) is 2. The summed E-state index contributed by atoms with van der Waals surface area (Å²) in [5, 5.41) is 6.10. The van der Waals surface area contributed by atoms with Crippen LogP contribution >= 0.6 is 11.3 Å². The van der Waals surface area contributed by atoms with Gasteiger partial charge in [0.2, 0.25) is 0 Å². The Kier molecular flexibility index (Phi) is 7.72. The van der Waals surface area contributed by atoms with Gasteiger partial charge in [0.15, 0.2) is 5.13 Å². The summed E-state index contributed by atoms with van der Waals surface area (Å²) in [6, 6.07) is 24.2. The summed E-state index contributed by atoms with van der Waals surface area (Å²) >= 11 is 1.66. The molecule has 1 heterocycles. The van der Waals surface area contributed by atoms with Crippen molar-refractivity contribution in [3.63, 3.8) is 0 Å². The molecule has 174 valence electrons. The first-order valence-corrected chi connectivity index (χ1v) is 12.4. The number of rotatable bonds is 9. The van der Waals surface area contributed by atoms with Crippen LogP contribution in [0.1, 0.15) is 39.5 Å². The fourth-order valence-corrected chi connectivity index (χ4v) is 4.61. The minimum atomic E-state index is -0.0836. The molecule has 4 aromatic rings. The van der Waals surface area contributed by atoms with Crippen molar-refractivity contribution in [3.8, 4) is 11.3 Å². The number of hydrogen-bond acceptors (Lipinski definition) is 5. The van der Waals surface area contributed by atoms with E-state index in [2.05, 4.69) is 53.7 Å². The molecule has 0 aliphatic carbocycles. The van der Waals surface area contributed by atoms with Crippen LogP contribution < -0.4 is 16.0 Å². The van der Waals surface area contributed by atoms with E-state index < -0.39 is 0 Å². The summed E-state index contributed by atoms with van der Waals surface area (Å²) in [6.45, 7) is 6.78. The predicted molar refractivity (Wildman–Crippen MR) is 141 cm³/mol. The monoisotopic (exact) mass is 470 g/mol. The summed E-state index contributed by atoms with van der Waals surface area (Å²) in [6.07, 6.45) is 0. The second kappa shape index (κ2) is 11.1. The van der Waals surface area contributed by atoms with E-state index >= 15 is 0 Å². The van der Waals surface area contributed by atoms with Crippen molar-refractivity contribution in [3.05, 3.63) is 106 Å². The zero-order valence-corrected chi connectivity index (χ0v) is 20.4. The van der Waals surface area contributed by atoms with E-state index in [0.717, 1.165) is 46.2 Å². The van der Waals surface area contributed by atoms with Gasteiger partial charge in [0.05, 0.1) is 5.69 Å². The Hall–Kier alpha value is -3.48. The maximum Gasteiger partial charge on any atom is 0.251 e. The van der Waals surface area contributed by atoms with Crippen molar-refractivity contribution in [2.24, 2.45) is 5.73 Å². The van der Waals surface area contributed by atoms with Crippen LogP contribution in [0.2, 0.25) is 0 Å². The van der Waals surface area contributed by atoms with E-state index in [9.17, 15) is 4.79 Å². The highest BCUT2D eigenvalue weighted by atomic mass is 32.1. The highest BCUT2D eigenvalue weighted by molar-refractivity contribution is 7.14. The molecule has 3 N–H and O–H groups in total. The molecule has 0 radical (unpaired) electrons. The van der Waals surface area contributed by atoms with Gasteiger partial charge in [-0.3, -0.25) is 4.79 Å². The number of aromatic nitrogens is 1. The third-order valence-electron chi connectivity index (χ3n) is 5.76. The highest BCUT2D eigenvalue weighted by Crippen LogP contribution is 2.28. The van der Waals surface area contributed by atoms with Crippen molar-refractivity contribution in [2.45, 2.75) is 33.5 Å². The van der Waals surface area contributed by atoms with Gasteiger partial charge < -0.3 is 16.0 Å². The fraction of sp³-hybridized carbons (Fsp3) is 0.214. The van der Waals surface area contributed by atoms with Crippen LogP contribution in [-0.2, 0) is 19.6 Å². The van der Waals surface area contributed by atoms with E-state index in [-0.39, 0.29) is 5.91 Å². The minimum Gasteiger partial charge on any atom is -0.348 e. The fourth-order valence-electron chi connectivity index (χ4n) is 3.71. The molecule has 0 aliphatic heterocycles.